The van der Waals surface area contributed by atoms with Crippen LogP contribution in [0.5, 0.6) is 11.5 Å². The molecule has 0 radical (unpaired) electrons. The summed E-state index contributed by atoms with van der Waals surface area (Å²) in [4.78, 5) is 12.9. The van der Waals surface area contributed by atoms with E-state index in [0.717, 1.165) is 22.2 Å². The summed E-state index contributed by atoms with van der Waals surface area (Å²) >= 11 is 0. The highest BCUT2D eigenvalue weighted by Crippen LogP contribution is 2.37. The van der Waals surface area contributed by atoms with Crippen LogP contribution in [0.1, 0.15) is 19.4 Å². The van der Waals surface area contributed by atoms with Crippen molar-refractivity contribution < 1.29 is 26.0 Å². The maximum absolute atomic E-state index is 11.4. The molecular weight excluding hydrogens is 424 g/mol. The molecule has 0 atom stereocenters. The molecular formula is C25H30N2O6. The van der Waals surface area contributed by atoms with Gasteiger partial charge in [-0.15, -0.1) is 0 Å². The molecule has 0 heterocycles. The summed E-state index contributed by atoms with van der Waals surface area (Å²) in [6.45, 7) is 0.965. The number of nitro benzene ring substituents is 1. The van der Waals surface area contributed by atoms with Gasteiger partial charge in [0.1, 0.15) is 11.5 Å². The summed E-state index contributed by atoms with van der Waals surface area (Å²) in [6, 6.07) is 14.1. The van der Waals surface area contributed by atoms with Crippen molar-refractivity contribution in [3.63, 3.8) is 0 Å². The molecule has 0 bridgehead atoms. The molecule has 8 heteroatoms. The Balaban J connectivity index is 0.00000137. The summed E-state index contributed by atoms with van der Waals surface area (Å²) in [5.74, 6) is 1.21. The fourth-order valence-electron chi connectivity index (χ4n) is 3.55. The van der Waals surface area contributed by atoms with E-state index in [2.05, 4.69) is 5.11 Å². The van der Waals surface area contributed by atoms with Gasteiger partial charge in [0.15, 0.2) is 0 Å². The summed E-state index contributed by atoms with van der Waals surface area (Å²) in [6.07, 6.45) is 3.76. The number of nitrogens with zero attached hydrogens (tertiary/aromatic N) is 2. The van der Waals surface area contributed by atoms with Gasteiger partial charge in [-0.25, -0.2) is 0 Å². The topological polar surface area (TPSA) is 105 Å². The predicted molar refractivity (Wildman–Crippen MR) is 132 cm³/mol. The number of non-ortho nitro benzene ring substituents is 1. The molecule has 3 aromatic rings. The lowest BCUT2D eigenvalue weighted by Gasteiger charge is -2.25. The van der Waals surface area contributed by atoms with Gasteiger partial charge in [0.25, 0.3) is 5.69 Å². The molecule has 3 aromatic carbocycles. The van der Waals surface area contributed by atoms with Crippen LogP contribution in [0.3, 0.4) is 0 Å². The maximum atomic E-state index is 11.4. The predicted octanol–water partition coefficient (Wildman–Crippen LogP) is 4.36. The van der Waals surface area contributed by atoms with Crippen LogP contribution in [0.2, 0.25) is 0 Å². The van der Waals surface area contributed by atoms with Crippen molar-refractivity contribution in [1.29, 1.82) is 1.43 Å². The quantitative estimate of drug-likeness (QED) is 0.279. The Morgan fingerprint density at radius 1 is 1.12 bits per heavy atom. The summed E-state index contributed by atoms with van der Waals surface area (Å²) in [7, 11) is 4.44. The monoisotopic (exact) mass is 457 g/mol. The van der Waals surface area contributed by atoms with Crippen LogP contribution >= 0.6 is 0 Å². The smallest absolute Gasteiger partial charge is 0.277 e. The van der Waals surface area contributed by atoms with Crippen LogP contribution in [-0.2, 0) is 0 Å². The van der Waals surface area contributed by atoms with Gasteiger partial charge in [0.05, 0.1) is 36.8 Å². The lowest BCUT2D eigenvalue weighted by molar-refractivity contribution is -0.383. The number of methoxy groups -OCH3 is 2. The second kappa shape index (κ2) is 12.4. The van der Waals surface area contributed by atoms with Gasteiger partial charge in [-0.2, -0.15) is 0 Å². The SMILES string of the molecule is [2H]CCN(CCO)c1cc(OC)c(/C=C/c2ccc([N+](=O)[O-])c3ccccc23)cc1OC.[3H]OC. The van der Waals surface area contributed by atoms with E-state index in [4.69, 9.17) is 12.3 Å². The normalized spacial score (nSPS) is 11.4. The zero-order valence-corrected chi connectivity index (χ0v) is 19.0. The van der Waals surface area contributed by atoms with E-state index in [9.17, 15) is 15.2 Å². The van der Waals surface area contributed by atoms with Crippen molar-refractivity contribution in [2.24, 2.45) is 0 Å². The third-order valence-electron chi connectivity index (χ3n) is 5.09. The summed E-state index contributed by atoms with van der Waals surface area (Å²) in [5.41, 5.74) is 2.42. The van der Waals surface area contributed by atoms with Crippen molar-refractivity contribution >= 4 is 34.3 Å². The first-order valence-electron chi connectivity index (χ1n) is 11.3. The molecule has 0 aliphatic rings. The van der Waals surface area contributed by atoms with Gasteiger partial charge in [-0.05, 0) is 36.0 Å². The molecule has 0 saturated heterocycles. The van der Waals surface area contributed by atoms with E-state index < -0.39 is 0 Å². The second-order valence-corrected chi connectivity index (χ2v) is 6.79. The molecule has 33 heavy (non-hydrogen) atoms. The number of anilines is 1. The average Bonchev–Trinajstić information content (AvgIpc) is 2.86. The van der Waals surface area contributed by atoms with E-state index in [0.29, 0.717) is 30.0 Å². The highest BCUT2D eigenvalue weighted by molar-refractivity contribution is 5.98. The van der Waals surface area contributed by atoms with Crippen molar-refractivity contribution in [2.45, 2.75) is 6.90 Å². The molecule has 0 saturated carbocycles. The van der Waals surface area contributed by atoms with Crippen molar-refractivity contribution in [1.82, 2.24) is 0 Å². The first kappa shape index (κ1) is 22.6. The molecule has 8 nitrogen and oxygen atoms in total. The molecule has 0 fully saturated rings. The van der Waals surface area contributed by atoms with Crippen LogP contribution < -0.4 is 14.4 Å². The van der Waals surface area contributed by atoms with Crippen molar-refractivity contribution in [3.05, 3.63) is 69.8 Å². The van der Waals surface area contributed by atoms with E-state index >= 15 is 0 Å². The number of rotatable bonds is 9. The molecule has 0 amide bonds. The molecule has 0 aliphatic heterocycles. The zero-order chi connectivity index (χ0) is 25.8. The highest BCUT2D eigenvalue weighted by Gasteiger charge is 2.16. The van der Waals surface area contributed by atoms with Gasteiger partial charge in [-0.1, -0.05) is 30.4 Å². The van der Waals surface area contributed by atoms with Gasteiger partial charge in [0, 0.05) is 39.3 Å². The van der Waals surface area contributed by atoms with Gasteiger partial charge in [-0.3, -0.25) is 10.1 Å². The number of fused-ring (bicyclic) bond motifs is 1. The standard InChI is InChI=1S/C24H26N2O5.CH4O/c1-4-25(13-14-27)22-16-23(30-2)18(15-24(22)31-3)10-9-17-11-12-21(26(28)29)20-8-6-5-7-19(17)20;1-2/h5-12,15-16,27H,4,13-14H2,1-3H3;2H,1H3/b10-9+;/i1D;2T. The molecule has 0 aromatic heterocycles. The third-order valence-corrected chi connectivity index (χ3v) is 5.09. The maximum Gasteiger partial charge on any atom is 0.277 e. The molecule has 176 valence electrons. The number of ether oxygens (including phenoxy) is 2. The first-order chi connectivity index (χ1) is 16.9. The minimum Gasteiger partial charge on any atom is -0.496 e. The zero-order valence-electron chi connectivity index (χ0n) is 21.0. The van der Waals surface area contributed by atoms with Crippen LogP contribution in [0.15, 0.2) is 48.5 Å². The third kappa shape index (κ3) is 5.79. The Labute approximate surface area is 196 Å². The number of benzene rings is 3. The van der Waals surface area contributed by atoms with Gasteiger partial charge >= 0.3 is 0 Å². The van der Waals surface area contributed by atoms with E-state index in [1.54, 1.807) is 32.4 Å². The number of aliphatic hydroxyl groups excluding tert-OH is 2. The number of hydrogen-bond donors (Lipinski definition) is 2. The van der Waals surface area contributed by atoms with Crippen LogP contribution in [0.25, 0.3) is 22.9 Å². The van der Waals surface area contributed by atoms with Crippen molar-refractivity contribution in [3.8, 4) is 11.5 Å². The molecule has 0 aliphatic carbocycles. The minimum atomic E-state index is -0.378. The highest BCUT2D eigenvalue weighted by atomic mass is 16.6. The van der Waals surface area contributed by atoms with Crippen LogP contribution in [0, 0.1) is 10.1 Å². The van der Waals surface area contributed by atoms with Crippen LogP contribution in [0.4, 0.5) is 11.4 Å². The molecule has 0 spiro atoms. The number of aliphatic hydroxyl groups is 2. The Kier molecular flexibility index (Phi) is 8.50. The Bertz CT molecular complexity index is 1150. The minimum absolute atomic E-state index is 0.0413. The largest absolute Gasteiger partial charge is 0.496 e. The van der Waals surface area contributed by atoms with E-state index in [1.807, 2.05) is 41.3 Å². The molecule has 3 rings (SSSR count). The second-order valence-electron chi connectivity index (χ2n) is 6.79. The fraction of sp³-hybridized carbons (Fsp3) is 0.280. The summed E-state index contributed by atoms with van der Waals surface area (Å²) in [5, 5.41) is 25.6. The Morgan fingerprint density at radius 2 is 1.79 bits per heavy atom. The molecule has 0 unspecified atom stereocenters. The Morgan fingerprint density at radius 3 is 2.39 bits per heavy atom. The number of likely N-dealkylation sites (N-methyl/N-ethyl adjacent to an activating group) is 1. The lowest BCUT2D eigenvalue weighted by atomic mass is 10.0. The van der Waals surface area contributed by atoms with Gasteiger partial charge < -0.3 is 24.6 Å². The van der Waals surface area contributed by atoms with E-state index in [-0.39, 0.29) is 24.1 Å². The lowest BCUT2D eigenvalue weighted by Crippen LogP contribution is -2.26. The first-order valence-corrected chi connectivity index (χ1v) is 10.2. The fourth-order valence-corrected chi connectivity index (χ4v) is 3.55. The molecule has 2 N–H and O–H groups in total. The number of hydrogen-bond acceptors (Lipinski definition) is 7. The summed E-state index contributed by atoms with van der Waals surface area (Å²) < 4.78 is 24.4. The van der Waals surface area contributed by atoms with Crippen LogP contribution in [-0.4, -0.2) is 57.6 Å². The van der Waals surface area contributed by atoms with Crippen molar-refractivity contribution in [2.75, 3.05) is 45.9 Å². The van der Waals surface area contributed by atoms with Gasteiger partial charge in [0.2, 0.25) is 1.43 Å². The Hall–Kier alpha value is -3.62. The number of nitro groups is 1. The average molecular weight is 458 g/mol. The van der Waals surface area contributed by atoms with E-state index in [1.165, 1.54) is 13.2 Å².